The highest BCUT2D eigenvalue weighted by Gasteiger charge is 2.15. The molecule has 5 heteroatoms. The first-order chi connectivity index (χ1) is 12.6. The monoisotopic (exact) mass is 354 g/mol. The summed E-state index contributed by atoms with van der Waals surface area (Å²) in [5.41, 5.74) is 1.01. The first kappa shape index (κ1) is 19.4. The fourth-order valence-corrected chi connectivity index (χ4v) is 2.27. The van der Waals surface area contributed by atoms with Crippen LogP contribution in [-0.4, -0.2) is 36.2 Å². The van der Waals surface area contributed by atoms with Crippen molar-refractivity contribution in [2.45, 2.75) is 19.4 Å². The second kappa shape index (κ2) is 10.2. The number of rotatable bonds is 9. The van der Waals surface area contributed by atoms with E-state index in [0.717, 1.165) is 0 Å². The largest absolute Gasteiger partial charge is 0.490 e. The van der Waals surface area contributed by atoms with Gasteiger partial charge in [-0.1, -0.05) is 48.5 Å². The fourth-order valence-electron chi connectivity index (χ4n) is 2.27. The van der Waals surface area contributed by atoms with Crippen molar-refractivity contribution in [1.29, 1.82) is 0 Å². The van der Waals surface area contributed by atoms with Crippen molar-refractivity contribution in [3.8, 4) is 5.75 Å². The lowest BCUT2D eigenvalue weighted by atomic mass is 10.0. The Morgan fingerprint density at radius 2 is 1.77 bits per heavy atom. The molecule has 0 aromatic heterocycles. The summed E-state index contributed by atoms with van der Waals surface area (Å²) in [6, 6.07) is 15.8. The molecule has 0 saturated heterocycles. The van der Waals surface area contributed by atoms with Crippen molar-refractivity contribution in [3.05, 3.63) is 77.9 Å². The van der Waals surface area contributed by atoms with Crippen LogP contribution in [0.25, 0.3) is 0 Å². The maximum Gasteiger partial charge on any atom is 0.330 e. The van der Waals surface area contributed by atoms with Gasteiger partial charge in [0.2, 0.25) is 0 Å². The Kier molecular flexibility index (Phi) is 7.58. The molecule has 0 bridgehead atoms. The standard InChI is InChI=1S/C21H22O5/c1-2-8-20(23)25-14-13-17(22)15-26-19-12-7-6-11-18(19)21(24)16-9-4-3-5-10-16/h2-12,17,22H,13-15H2,1H3. The molecule has 0 heterocycles. The Hall–Kier alpha value is -2.92. The summed E-state index contributed by atoms with van der Waals surface area (Å²) >= 11 is 0. The van der Waals surface area contributed by atoms with Gasteiger partial charge in [0.15, 0.2) is 5.78 Å². The van der Waals surface area contributed by atoms with Crippen LogP contribution in [0.2, 0.25) is 0 Å². The molecular formula is C21H22O5. The number of allylic oxidation sites excluding steroid dienone is 1. The molecule has 0 spiro atoms. The van der Waals surface area contributed by atoms with Crippen LogP contribution in [0.15, 0.2) is 66.7 Å². The van der Waals surface area contributed by atoms with Gasteiger partial charge in [0, 0.05) is 18.1 Å². The molecule has 1 unspecified atom stereocenters. The van der Waals surface area contributed by atoms with Crippen molar-refractivity contribution in [2.75, 3.05) is 13.2 Å². The van der Waals surface area contributed by atoms with Crippen molar-refractivity contribution in [3.63, 3.8) is 0 Å². The summed E-state index contributed by atoms with van der Waals surface area (Å²) < 4.78 is 10.6. The van der Waals surface area contributed by atoms with Crippen LogP contribution in [0, 0.1) is 0 Å². The van der Waals surface area contributed by atoms with Gasteiger partial charge in [-0.3, -0.25) is 4.79 Å². The number of aliphatic hydroxyl groups is 1. The van der Waals surface area contributed by atoms with Crippen LogP contribution < -0.4 is 4.74 Å². The van der Waals surface area contributed by atoms with Crippen LogP contribution in [0.3, 0.4) is 0 Å². The normalized spacial score (nSPS) is 11.9. The lowest BCUT2D eigenvalue weighted by Crippen LogP contribution is -2.21. The van der Waals surface area contributed by atoms with Crippen LogP contribution in [-0.2, 0) is 9.53 Å². The molecule has 2 rings (SSSR count). The molecule has 1 N–H and O–H groups in total. The molecule has 0 aliphatic rings. The number of ether oxygens (including phenoxy) is 2. The van der Waals surface area contributed by atoms with Crippen LogP contribution >= 0.6 is 0 Å². The number of benzene rings is 2. The molecule has 2 aromatic carbocycles. The van der Waals surface area contributed by atoms with Crippen molar-refractivity contribution < 1.29 is 24.2 Å². The zero-order valence-electron chi connectivity index (χ0n) is 14.6. The molecule has 0 fully saturated rings. The third kappa shape index (κ3) is 5.86. The summed E-state index contributed by atoms with van der Waals surface area (Å²) in [5.74, 6) is -0.179. The lowest BCUT2D eigenvalue weighted by molar-refractivity contribution is -0.138. The van der Waals surface area contributed by atoms with E-state index in [2.05, 4.69) is 0 Å². The average Bonchev–Trinajstić information content (AvgIpc) is 2.67. The number of carbonyl (C=O) groups is 2. The summed E-state index contributed by atoms with van der Waals surface area (Å²) in [7, 11) is 0. The predicted octanol–water partition coefficient (Wildman–Crippen LogP) is 3.17. The van der Waals surface area contributed by atoms with E-state index in [0.29, 0.717) is 16.9 Å². The Balaban J connectivity index is 1.92. The number of esters is 1. The Bertz CT molecular complexity index is 752. The first-order valence-electron chi connectivity index (χ1n) is 8.41. The summed E-state index contributed by atoms with van der Waals surface area (Å²) in [4.78, 5) is 23.8. The molecule has 136 valence electrons. The number of para-hydroxylation sites is 1. The zero-order valence-corrected chi connectivity index (χ0v) is 14.6. The second-order valence-corrected chi connectivity index (χ2v) is 5.61. The third-order valence-corrected chi connectivity index (χ3v) is 3.60. The average molecular weight is 354 g/mol. The van der Waals surface area contributed by atoms with E-state index in [-0.39, 0.29) is 25.4 Å². The molecular weight excluding hydrogens is 332 g/mol. The van der Waals surface area contributed by atoms with Gasteiger partial charge in [0.1, 0.15) is 12.4 Å². The maximum absolute atomic E-state index is 12.6. The molecule has 0 amide bonds. The van der Waals surface area contributed by atoms with Crippen LogP contribution in [0.1, 0.15) is 29.3 Å². The molecule has 5 nitrogen and oxygen atoms in total. The highest BCUT2D eigenvalue weighted by atomic mass is 16.5. The Labute approximate surface area is 152 Å². The first-order valence-corrected chi connectivity index (χ1v) is 8.41. The van der Waals surface area contributed by atoms with Gasteiger partial charge in [-0.2, -0.15) is 0 Å². The quantitative estimate of drug-likeness (QED) is 0.425. The minimum atomic E-state index is -0.812. The van der Waals surface area contributed by atoms with Crippen molar-refractivity contribution >= 4 is 11.8 Å². The number of hydrogen-bond donors (Lipinski definition) is 1. The van der Waals surface area contributed by atoms with E-state index in [1.54, 1.807) is 61.5 Å². The SMILES string of the molecule is CC=CC(=O)OCCC(O)COc1ccccc1C(=O)c1ccccc1. The molecule has 0 aliphatic carbocycles. The predicted molar refractivity (Wildman–Crippen MR) is 98.2 cm³/mol. The number of carbonyl (C=O) groups excluding carboxylic acids is 2. The van der Waals surface area contributed by atoms with Crippen LogP contribution in [0.4, 0.5) is 0 Å². The van der Waals surface area contributed by atoms with Gasteiger partial charge in [-0.15, -0.1) is 0 Å². The minimum absolute atomic E-state index is 0.000249. The van der Waals surface area contributed by atoms with Gasteiger partial charge >= 0.3 is 5.97 Å². The maximum atomic E-state index is 12.6. The third-order valence-electron chi connectivity index (χ3n) is 3.60. The van der Waals surface area contributed by atoms with Gasteiger partial charge < -0.3 is 14.6 Å². The summed E-state index contributed by atoms with van der Waals surface area (Å²) in [6.07, 6.45) is 2.34. The zero-order chi connectivity index (χ0) is 18.8. The topological polar surface area (TPSA) is 72.8 Å². The summed E-state index contributed by atoms with van der Waals surface area (Å²) in [5, 5.41) is 9.98. The number of hydrogen-bond acceptors (Lipinski definition) is 5. The van der Waals surface area contributed by atoms with E-state index < -0.39 is 12.1 Å². The molecule has 0 radical (unpaired) electrons. The van der Waals surface area contributed by atoms with Gasteiger partial charge in [0.05, 0.1) is 18.3 Å². The minimum Gasteiger partial charge on any atom is -0.490 e. The highest BCUT2D eigenvalue weighted by molar-refractivity contribution is 6.10. The fraction of sp³-hybridized carbons (Fsp3) is 0.238. The van der Waals surface area contributed by atoms with Gasteiger partial charge in [0.25, 0.3) is 0 Å². The highest BCUT2D eigenvalue weighted by Crippen LogP contribution is 2.22. The Morgan fingerprint density at radius 3 is 2.50 bits per heavy atom. The lowest BCUT2D eigenvalue weighted by Gasteiger charge is -2.14. The van der Waals surface area contributed by atoms with Crippen molar-refractivity contribution in [2.24, 2.45) is 0 Å². The molecule has 0 saturated carbocycles. The van der Waals surface area contributed by atoms with E-state index in [9.17, 15) is 14.7 Å². The molecule has 1 atom stereocenters. The number of ketones is 1. The molecule has 2 aromatic rings. The van der Waals surface area contributed by atoms with Crippen molar-refractivity contribution in [1.82, 2.24) is 0 Å². The number of aliphatic hydroxyl groups excluding tert-OH is 1. The van der Waals surface area contributed by atoms with Crippen LogP contribution in [0.5, 0.6) is 5.75 Å². The van der Waals surface area contributed by atoms with E-state index >= 15 is 0 Å². The Morgan fingerprint density at radius 1 is 1.08 bits per heavy atom. The van der Waals surface area contributed by atoms with Gasteiger partial charge in [-0.25, -0.2) is 4.79 Å². The second-order valence-electron chi connectivity index (χ2n) is 5.61. The molecule has 0 aliphatic heterocycles. The van der Waals surface area contributed by atoms with E-state index in [4.69, 9.17) is 9.47 Å². The summed E-state index contributed by atoms with van der Waals surface area (Å²) in [6.45, 7) is 1.82. The van der Waals surface area contributed by atoms with Gasteiger partial charge in [-0.05, 0) is 19.1 Å². The molecule has 26 heavy (non-hydrogen) atoms. The van der Waals surface area contributed by atoms with E-state index in [1.165, 1.54) is 6.08 Å². The smallest absolute Gasteiger partial charge is 0.330 e. The van der Waals surface area contributed by atoms with E-state index in [1.807, 2.05) is 6.07 Å².